The third-order valence-electron chi connectivity index (χ3n) is 2.60. The van der Waals surface area contributed by atoms with Crippen molar-refractivity contribution in [2.45, 2.75) is 39.2 Å². The molecule has 0 aliphatic heterocycles. The first-order valence-electron chi connectivity index (χ1n) is 6.65. The fraction of sp³-hybridized carbons (Fsp3) is 0.833. The first-order chi connectivity index (χ1) is 9.43. The summed E-state index contributed by atoms with van der Waals surface area (Å²) >= 11 is 0. The number of carbonyl (C=O) groups is 2. The maximum absolute atomic E-state index is 12.0. The van der Waals surface area contributed by atoms with Crippen LogP contribution in [0.15, 0.2) is 0 Å². The molecule has 0 aromatic rings. The molecule has 0 aromatic heterocycles. The van der Waals surface area contributed by atoms with E-state index < -0.39 is 21.5 Å². The van der Waals surface area contributed by atoms with Crippen molar-refractivity contribution in [1.82, 2.24) is 14.9 Å². The van der Waals surface area contributed by atoms with Crippen molar-refractivity contribution in [3.05, 3.63) is 0 Å². The van der Waals surface area contributed by atoms with Crippen LogP contribution >= 0.6 is 0 Å². The molecule has 0 heterocycles. The van der Waals surface area contributed by atoms with Crippen LogP contribution in [0.1, 0.15) is 33.6 Å². The highest BCUT2D eigenvalue weighted by Gasteiger charge is 2.26. The Balaban J connectivity index is 4.26. The molecule has 8 nitrogen and oxygen atoms in total. The van der Waals surface area contributed by atoms with E-state index in [2.05, 4.69) is 10.0 Å². The van der Waals surface area contributed by atoms with Crippen molar-refractivity contribution in [1.29, 1.82) is 0 Å². The van der Waals surface area contributed by atoms with E-state index in [1.54, 1.807) is 0 Å². The quantitative estimate of drug-likeness (QED) is 0.552. The third-order valence-corrected chi connectivity index (χ3v) is 3.33. The molecule has 0 fully saturated rings. The van der Waals surface area contributed by atoms with Crippen molar-refractivity contribution in [2.75, 3.05) is 25.9 Å². The van der Waals surface area contributed by atoms with Gasteiger partial charge in [-0.15, -0.1) is 0 Å². The van der Waals surface area contributed by atoms with Gasteiger partial charge in [-0.25, -0.2) is 17.9 Å². The number of carbonyl (C=O) groups excluding carboxylic acids is 1. The summed E-state index contributed by atoms with van der Waals surface area (Å²) in [5.74, 6) is -0.964. The molecule has 0 aliphatic rings. The minimum absolute atomic E-state index is 0.117. The maximum atomic E-state index is 12.0. The van der Waals surface area contributed by atoms with Gasteiger partial charge in [0.2, 0.25) is 10.0 Å². The zero-order chi connectivity index (χ0) is 16.7. The van der Waals surface area contributed by atoms with Crippen LogP contribution < -0.4 is 10.0 Å². The molecular weight excluding hydrogens is 298 g/mol. The van der Waals surface area contributed by atoms with Gasteiger partial charge in [-0.05, 0) is 27.2 Å². The van der Waals surface area contributed by atoms with E-state index in [1.807, 2.05) is 20.8 Å². The average molecular weight is 323 g/mol. The summed E-state index contributed by atoms with van der Waals surface area (Å²) in [7, 11) is -3.22. The van der Waals surface area contributed by atoms with Gasteiger partial charge in [0.1, 0.15) is 0 Å². The van der Waals surface area contributed by atoms with Gasteiger partial charge in [-0.3, -0.25) is 4.79 Å². The molecule has 0 radical (unpaired) electrons. The summed E-state index contributed by atoms with van der Waals surface area (Å²) in [5.41, 5.74) is -0.495. The van der Waals surface area contributed by atoms with Crippen LogP contribution in [-0.4, -0.2) is 61.9 Å². The average Bonchev–Trinajstić information content (AvgIpc) is 2.24. The lowest BCUT2D eigenvalue weighted by atomic mass is 10.1. The molecule has 124 valence electrons. The van der Waals surface area contributed by atoms with Crippen LogP contribution in [0.25, 0.3) is 0 Å². The molecule has 0 rings (SSSR count). The Kier molecular flexibility index (Phi) is 7.65. The smallest absolute Gasteiger partial charge is 0.317 e. The minimum Gasteiger partial charge on any atom is -0.481 e. The molecule has 9 heteroatoms. The van der Waals surface area contributed by atoms with E-state index in [1.165, 1.54) is 4.90 Å². The second-order valence-corrected chi connectivity index (χ2v) is 7.55. The number of sulfonamides is 1. The lowest BCUT2D eigenvalue weighted by molar-refractivity contribution is -0.137. The van der Waals surface area contributed by atoms with Gasteiger partial charge in [0.05, 0.1) is 12.7 Å². The normalized spacial score (nSPS) is 12.0. The number of aliphatic carboxylic acids is 1. The largest absolute Gasteiger partial charge is 0.481 e. The topological polar surface area (TPSA) is 116 Å². The number of carboxylic acids is 1. The number of nitrogens with zero attached hydrogens (tertiary/aromatic N) is 1. The fourth-order valence-electron chi connectivity index (χ4n) is 1.59. The predicted molar refractivity (Wildman–Crippen MR) is 79.6 cm³/mol. The molecule has 21 heavy (non-hydrogen) atoms. The van der Waals surface area contributed by atoms with Crippen LogP contribution in [0.4, 0.5) is 4.79 Å². The second-order valence-electron chi connectivity index (χ2n) is 5.72. The van der Waals surface area contributed by atoms with Gasteiger partial charge >= 0.3 is 12.0 Å². The summed E-state index contributed by atoms with van der Waals surface area (Å²) in [4.78, 5) is 24.1. The van der Waals surface area contributed by atoms with Gasteiger partial charge in [-0.2, -0.15) is 0 Å². The molecule has 0 aliphatic carbocycles. The van der Waals surface area contributed by atoms with Gasteiger partial charge in [0.25, 0.3) is 0 Å². The zero-order valence-electron chi connectivity index (χ0n) is 13.0. The van der Waals surface area contributed by atoms with Crippen LogP contribution in [0.3, 0.4) is 0 Å². The van der Waals surface area contributed by atoms with E-state index in [0.29, 0.717) is 13.0 Å². The Morgan fingerprint density at radius 3 is 2.19 bits per heavy atom. The number of urea groups is 1. The van der Waals surface area contributed by atoms with Crippen LogP contribution in [0.2, 0.25) is 0 Å². The highest BCUT2D eigenvalue weighted by Crippen LogP contribution is 2.13. The standard InChI is InChI=1S/C12H25N3O5S/c1-12(2,3)15(9-6-10(16)17)11(18)13-7-5-8-14-21(4,19)20/h14H,5-9H2,1-4H3,(H,13,18)(H,16,17). The van der Waals surface area contributed by atoms with E-state index in [9.17, 15) is 18.0 Å². The van der Waals surface area contributed by atoms with Gasteiger partial charge in [-0.1, -0.05) is 0 Å². The first kappa shape index (κ1) is 19.7. The summed E-state index contributed by atoms with van der Waals surface area (Å²) in [5, 5.41) is 11.4. The monoisotopic (exact) mass is 323 g/mol. The van der Waals surface area contributed by atoms with Crippen molar-refractivity contribution in [2.24, 2.45) is 0 Å². The Bertz CT molecular complexity index is 456. The molecular formula is C12H25N3O5S. The Morgan fingerprint density at radius 1 is 1.19 bits per heavy atom. The van der Waals surface area contributed by atoms with Crippen molar-refractivity contribution in [3.8, 4) is 0 Å². The molecule has 0 atom stereocenters. The molecule has 2 amide bonds. The summed E-state index contributed by atoms with van der Waals surface area (Å²) in [6.07, 6.45) is 1.40. The fourth-order valence-corrected chi connectivity index (χ4v) is 2.10. The molecule has 0 saturated carbocycles. The van der Waals surface area contributed by atoms with E-state index in [-0.39, 0.29) is 25.5 Å². The zero-order valence-corrected chi connectivity index (χ0v) is 13.8. The van der Waals surface area contributed by atoms with Crippen LogP contribution in [0, 0.1) is 0 Å². The summed E-state index contributed by atoms with van der Waals surface area (Å²) in [6, 6.07) is -0.358. The van der Waals surface area contributed by atoms with Gasteiger partial charge in [0.15, 0.2) is 0 Å². The Hall–Kier alpha value is -1.35. The molecule has 0 bridgehead atoms. The molecule has 0 unspecified atom stereocenters. The second kappa shape index (κ2) is 8.18. The van der Waals surface area contributed by atoms with Crippen molar-refractivity contribution >= 4 is 22.0 Å². The van der Waals surface area contributed by atoms with Gasteiger partial charge in [0, 0.05) is 25.2 Å². The number of amides is 2. The van der Waals surface area contributed by atoms with Crippen LogP contribution in [0.5, 0.6) is 0 Å². The Labute approximate surface area is 125 Å². The van der Waals surface area contributed by atoms with Crippen molar-refractivity contribution < 1.29 is 23.1 Å². The van der Waals surface area contributed by atoms with Crippen LogP contribution in [-0.2, 0) is 14.8 Å². The number of nitrogens with one attached hydrogen (secondary N) is 2. The first-order valence-corrected chi connectivity index (χ1v) is 8.54. The number of rotatable bonds is 8. The van der Waals surface area contributed by atoms with Crippen molar-refractivity contribution in [3.63, 3.8) is 0 Å². The molecule has 0 aromatic carbocycles. The highest BCUT2D eigenvalue weighted by molar-refractivity contribution is 7.88. The number of hydrogen-bond acceptors (Lipinski definition) is 4. The van der Waals surface area contributed by atoms with Gasteiger partial charge < -0.3 is 15.3 Å². The maximum Gasteiger partial charge on any atom is 0.317 e. The molecule has 0 saturated heterocycles. The highest BCUT2D eigenvalue weighted by atomic mass is 32.2. The lowest BCUT2D eigenvalue weighted by Gasteiger charge is -2.35. The molecule has 3 N–H and O–H groups in total. The summed E-state index contributed by atoms with van der Waals surface area (Å²) in [6.45, 7) is 6.12. The summed E-state index contributed by atoms with van der Waals surface area (Å²) < 4.78 is 24.0. The predicted octanol–water partition coefficient (Wildman–Crippen LogP) is 0.211. The minimum atomic E-state index is -3.22. The number of carboxylic acid groups (broad SMARTS) is 1. The Morgan fingerprint density at radius 2 is 1.76 bits per heavy atom. The van der Waals surface area contributed by atoms with E-state index in [0.717, 1.165) is 6.26 Å². The van der Waals surface area contributed by atoms with E-state index in [4.69, 9.17) is 5.11 Å². The third kappa shape index (κ3) is 10.1. The van der Waals surface area contributed by atoms with E-state index >= 15 is 0 Å². The number of hydrogen-bond donors (Lipinski definition) is 3. The SMILES string of the molecule is CC(C)(C)N(CCC(=O)O)C(=O)NCCCNS(C)(=O)=O. The molecule has 0 spiro atoms. The lowest BCUT2D eigenvalue weighted by Crippen LogP contribution is -2.51.